The number of carbonyl (C=O) groups is 3. The second-order valence-electron chi connectivity index (χ2n) is 9.59. The molecular weight excluding hydrogens is 394 g/mol. The maximum Gasteiger partial charge on any atom is 0.255 e. The van der Waals surface area contributed by atoms with Gasteiger partial charge in [-0.05, 0) is 81.3 Å². The van der Waals surface area contributed by atoms with Crippen molar-refractivity contribution in [1.82, 2.24) is 15.1 Å². The van der Waals surface area contributed by atoms with Gasteiger partial charge in [0.15, 0.2) is 0 Å². The fourth-order valence-corrected chi connectivity index (χ4v) is 5.62. The summed E-state index contributed by atoms with van der Waals surface area (Å²) >= 11 is 0. The topological polar surface area (TPSA) is 79.0 Å². The molecule has 31 heavy (non-hydrogen) atoms. The first-order valence-corrected chi connectivity index (χ1v) is 11.7. The van der Waals surface area contributed by atoms with Crippen molar-refractivity contribution in [3.8, 4) is 5.75 Å². The van der Waals surface area contributed by atoms with Crippen LogP contribution in [-0.4, -0.2) is 58.8 Å². The van der Waals surface area contributed by atoms with Crippen molar-refractivity contribution in [3.63, 3.8) is 0 Å². The van der Waals surface area contributed by atoms with E-state index in [1.54, 1.807) is 4.90 Å². The highest BCUT2D eigenvalue weighted by molar-refractivity contribution is 6.05. The lowest BCUT2D eigenvalue weighted by atomic mass is 9.97. The minimum atomic E-state index is -0.581. The van der Waals surface area contributed by atoms with Gasteiger partial charge in [-0.15, -0.1) is 0 Å². The number of imide groups is 1. The van der Waals surface area contributed by atoms with Gasteiger partial charge in [0.1, 0.15) is 17.9 Å². The maximum atomic E-state index is 12.9. The molecule has 3 heterocycles. The predicted molar refractivity (Wildman–Crippen MR) is 115 cm³/mol. The average Bonchev–Trinajstić information content (AvgIpc) is 3.33. The van der Waals surface area contributed by atoms with E-state index >= 15 is 0 Å². The summed E-state index contributed by atoms with van der Waals surface area (Å²) in [6.45, 7) is 5.04. The summed E-state index contributed by atoms with van der Waals surface area (Å²) in [7, 11) is 0. The Labute approximate surface area is 183 Å². The maximum absolute atomic E-state index is 12.9. The predicted octanol–water partition coefficient (Wildman–Crippen LogP) is 2.48. The molecule has 1 saturated carbocycles. The SMILES string of the molecule is CC1CCN(C2CCCC2Oc2ccc3c(c2)CN(C2CCC(=O)NC2=O)C3=O)CC1. The Bertz CT molecular complexity index is 893. The second-order valence-corrected chi connectivity index (χ2v) is 9.59. The van der Waals surface area contributed by atoms with Crippen LogP contribution in [0.1, 0.15) is 67.8 Å². The molecule has 0 spiro atoms. The Morgan fingerprint density at radius 1 is 1.03 bits per heavy atom. The van der Waals surface area contributed by atoms with Gasteiger partial charge >= 0.3 is 0 Å². The van der Waals surface area contributed by atoms with Crippen molar-refractivity contribution in [2.45, 2.75) is 76.6 Å². The minimum Gasteiger partial charge on any atom is -0.489 e. The monoisotopic (exact) mass is 425 g/mol. The molecule has 5 rings (SSSR count). The zero-order valence-corrected chi connectivity index (χ0v) is 18.1. The van der Waals surface area contributed by atoms with Gasteiger partial charge < -0.3 is 9.64 Å². The van der Waals surface area contributed by atoms with Crippen LogP contribution in [0.5, 0.6) is 5.75 Å². The van der Waals surface area contributed by atoms with Crippen molar-refractivity contribution >= 4 is 17.7 Å². The number of carbonyl (C=O) groups excluding carboxylic acids is 3. The van der Waals surface area contributed by atoms with Gasteiger partial charge in [-0.3, -0.25) is 24.6 Å². The Morgan fingerprint density at radius 2 is 1.84 bits per heavy atom. The van der Waals surface area contributed by atoms with E-state index in [9.17, 15) is 14.4 Å². The summed E-state index contributed by atoms with van der Waals surface area (Å²) in [4.78, 5) is 40.8. The van der Waals surface area contributed by atoms with Crippen LogP contribution in [0.25, 0.3) is 0 Å². The number of amides is 3. The second kappa shape index (κ2) is 8.26. The van der Waals surface area contributed by atoms with E-state index in [0.29, 0.717) is 24.6 Å². The van der Waals surface area contributed by atoms with Gasteiger partial charge in [0.05, 0.1) is 0 Å². The number of benzene rings is 1. The highest BCUT2D eigenvalue weighted by Crippen LogP contribution is 2.34. The first-order valence-electron chi connectivity index (χ1n) is 11.7. The van der Waals surface area contributed by atoms with Gasteiger partial charge in [0.2, 0.25) is 11.8 Å². The molecule has 1 aliphatic carbocycles. The number of ether oxygens (including phenoxy) is 1. The standard InChI is InChI=1S/C24H31N3O4/c1-15-9-11-26(12-10-15)19-3-2-4-21(19)31-17-5-6-18-16(13-17)14-27(24(18)30)20-7-8-22(28)25-23(20)29/h5-6,13,15,19-21H,2-4,7-12,14H2,1H3,(H,25,28,29). The molecule has 2 saturated heterocycles. The van der Waals surface area contributed by atoms with E-state index in [0.717, 1.165) is 36.7 Å². The smallest absolute Gasteiger partial charge is 0.255 e. The third kappa shape index (κ3) is 3.95. The largest absolute Gasteiger partial charge is 0.489 e. The Balaban J connectivity index is 1.27. The third-order valence-electron chi connectivity index (χ3n) is 7.49. The van der Waals surface area contributed by atoms with Gasteiger partial charge in [-0.2, -0.15) is 0 Å². The van der Waals surface area contributed by atoms with E-state index in [1.807, 2.05) is 18.2 Å². The number of nitrogens with zero attached hydrogens (tertiary/aromatic N) is 2. The number of piperidine rings is 2. The molecule has 3 amide bonds. The Hall–Kier alpha value is -2.41. The Morgan fingerprint density at radius 3 is 2.61 bits per heavy atom. The fraction of sp³-hybridized carbons (Fsp3) is 0.625. The summed E-state index contributed by atoms with van der Waals surface area (Å²) < 4.78 is 6.45. The molecule has 3 fully saturated rings. The van der Waals surface area contributed by atoms with E-state index in [2.05, 4.69) is 17.1 Å². The number of rotatable bonds is 4. The normalized spacial score (nSPS) is 29.9. The molecule has 1 N–H and O–H groups in total. The highest BCUT2D eigenvalue weighted by atomic mass is 16.5. The van der Waals surface area contributed by atoms with E-state index in [1.165, 1.54) is 25.7 Å². The summed E-state index contributed by atoms with van der Waals surface area (Å²) in [6, 6.07) is 5.57. The van der Waals surface area contributed by atoms with Crippen LogP contribution in [0.2, 0.25) is 0 Å². The molecule has 3 atom stereocenters. The van der Waals surface area contributed by atoms with Crippen molar-refractivity contribution in [3.05, 3.63) is 29.3 Å². The molecule has 3 aliphatic heterocycles. The quantitative estimate of drug-likeness (QED) is 0.750. The van der Waals surface area contributed by atoms with Gasteiger partial charge in [0, 0.05) is 24.6 Å². The molecule has 4 aliphatic rings. The molecule has 7 nitrogen and oxygen atoms in total. The summed E-state index contributed by atoms with van der Waals surface area (Å²) in [5.41, 5.74) is 1.53. The van der Waals surface area contributed by atoms with Crippen LogP contribution < -0.4 is 10.1 Å². The number of hydrogen-bond acceptors (Lipinski definition) is 5. The number of likely N-dealkylation sites (tertiary alicyclic amines) is 1. The summed E-state index contributed by atoms with van der Waals surface area (Å²) in [5, 5.41) is 2.35. The average molecular weight is 426 g/mol. The molecular formula is C24H31N3O4. The van der Waals surface area contributed by atoms with Crippen LogP contribution in [0, 0.1) is 5.92 Å². The highest BCUT2D eigenvalue weighted by Gasteiger charge is 2.40. The zero-order chi connectivity index (χ0) is 21.5. The molecule has 0 aromatic heterocycles. The molecule has 0 radical (unpaired) electrons. The molecule has 1 aromatic rings. The van der Waals surface area contributed by atoms with Crippen molar-refractivity contribution < 1.29 is 19.1 Å². The third-order valence-corrected chi connectivity index (χ3v) is 7.49. The fourth-order valence-electron chi connectivity index (χ4n) is 5.62. The van der Waals surface area contributed by atoms with Crippen molar-refractivity contribution in [2.75, 3.05) is 13.1 Å². The summed E-state index contributed by atoms with van der Waals surface area (Å²) in [5.74, 6) is 0.837. The lowest BCUT2D eigenvalue weighted by Crippen LogP contribution is -2.52. The van der Waals surface area contributed by atoms with E-state index < -0.39 is 6.04 Å². The summed E-state index contributed by atoms with van der Waals surface area (Å²) in [6.07, 6.45) is 6.81. The molecule has 7 heteroatoms. The van der Waals surface area contributed by atoms with Crippen LogP contribution >= 0.6 is 0 Å². The number of nitrogens with one attached hydrogen (secondary N) is 1. The number of fused-ring (bicyclic) bond motifs is 1. The molecule has 0 bridgehead atoms. The van der Waals surface area contributed by atoms with E-state index in [-0.39, 0.29) is 30.2 Å². The van der Waals surface area contributed by atoms with Gasteiger partial charge in [-0.1, -0.05) is 6.92 Å². The number of hydrogen-bond donors (Lipinski definition) is 1. The van der Waals surface area contributed by atoms with Crippen LogP contribution in [-0.2, 0) is 16.1 Å². The minimum absolute atomic E-state index is 0.141. The van der Waals surface area contributed by atoms with Gasteiger partial charge in [-0.25, -0.2) is 0 Å². The first kappa shape index (κ1) is 20.5. The molecule has 1 aromatic carbocycles. The Kier molecular flexibility index (Phi) is 5.46. The van der Waals surface area contributed by atoms with Crippen molar-refractivity contribution in [2.24, 2.45) is 5.92 Å². The van der Waals surface area contributed by atoms with Crippen LogP contribution in [0.15, 0.2) is 18.2 Å². The zero-order valence-electron chi connectivity index (χ0n) is 18.1. The van der Waals surface area contributed by atoms with E-state index in [4.69, 9.17) is 4.74 Å². The molecule has 166 valence electrons. The van der Waals surface area contributed by atoms with Crippen molar-refractivity contribution in [1.29, 1.82) is 0 Å². The van der Waals surface area contributed by atoms with Crippen LogP contribution in [0.3, 0.4) is 0 Å². The molecule has 3 unspecified atom stereocenters. The van der Waals surface area contributed by atoms with Gasteiger partial charge in [0.25, 0.3) is 5.91 Å². The lowest BCUT2D eigenvalue weighted by molar-refractivity contribution is -0.136. The van der Waals surface area contributed by atoms with Crippen LogP contribution in [0.4, 0.5) is 0 Å². The lowest BCUT2D eigenvalue weighted by Gasteiger charge is -2.37. The first-order chi connectivity index (χ1) is 15.0.